The summed E-state index contributed by atoms with van der Waals surface area (Å²) in [5.41, 5.74) is -0.732. The van der Waals surface area contributed by atoms with Gasteiger partial charge in [0.15, 0.2) is 11.6 Å². The van der Waals surface area contributed by atoms with Crippen LogP contribution < -0.4 is 10.5 Å². The molecule has 4 heterocycles. The average Bonchev–Trinajstić information content (AvgIpc) is 3.34. The smallest absolute Gasteiger partial charge is 0.264 e. The van der Waals surface area contributed by atoms with Gasteiger partial charge in [-0.2, -0.15) is 5.10 Å². The number of H-pyrrole nitrogens is 1. The highest BCUT2D eigenvalue weighted by atomic mass is 35.5. The van der Waals surface area contributed by atoms with Gasteiger partial charge < -0.3 is 14.9 Å². The Bertz CT molecular complexity index is 1370. The third-order valence-corrected chi connectivity index (χ3v) is 8.16. The van der Waals surface area contributed by atoms with Crippen molar-refractivity contribution in [1.82, 2.24) is 20.1 Å². The molecule has 1 amide bonds. The van der Waals surface area contributed by atoms with Gasteiger partial charge in [-0.1, -0.05) is 31.5 Å². The molecule has 11 heteroatoms. The Hall–Kier alpha value is -3.37. The zero-order valence-corrected chi connectivity index (χ0v) is 21.7. The van der Waals surface area contributed by atoms with E-state index >= 15 is 0 Å². The van der Waals surface area contributed by atoms with Gasteiger partial charge in [-0.25, -0.2) is 13.9 Å². The molecule has 8 nitrogen and oxygen atoms in total. The molecular formula is C27H28ClF2N5O3. The van der Waals surface area contributed by atoms with Crippen molar-refractivity contribution in [1.29, 1.82) is 0 Å². The van der Waals surface area contributed by atoms with Crippen molar-refractivity contribution in [3.8, 4) is 0 Å². The van der Waals surface area contributed by atoms with Crippen LogP contribution in [-0.4, -0.2) is 57.3 Å². The number of benzene rings is 1. The molecule has 1 aromatic carbocycles. The Labute approximate surface area is 223 Å². The van der Waals surface area contributed by atoms with Crippen molar-refractivity contribution in [2.45, 2.75) is 25.4 Å². The van der Waals surface area contributed by atoms with Crippen molar-refractivity contribution in [3.63, 3.8) is 0 Å². The summed E-state index contributed by atoms with van der Waals surface area (Å²) in [6.45, 7) is 4.92. The van der Waals surface area contributed by atoms with Crippen LogP contribution in [0.5, 0.6) is 0 Å². The van der Waals surface area contributed by atoms with E-state index < -0.39 is 35.0 Å². The zero-order valence-electron chi connectivity index (χ0n) is 20.9. The molecule has 0 saturated carbocycles. The van der Waals surface area contributed by atoms with Crippen LogP contribution >= 0.6 is 11.6 Å². The first kappa shape index (κ1) is 26.2. The van der Waals surface area contributed by atoms with Gasteiger partial charge >= 0.3 is 0 Å². The van der Waals surface area contributed by atoms with Gasteiger partial charge in [0, 0.05) is 61.9 Å². The molecule has 0 spiro atoms. The number of hydrogen-bond donors (Lipinski definition) is 2. The first-order chi connectivity index (χ1) is 18.1. The Morgan fingerprint density at radius 1 is 1.05 bits per heavy atom. The number of aromatic nitrogens is 3. The lowest BCUT2D eigenvalue weighted by Crippen LogP contribution is -2.57. The number of carbonyl (C=O) groups is 1. The molecule has 200 valence electrons. The van der Waals surface area contributed by atoms with Gasteiger partial charge in [0.25, 0.3) is 5.56 Å². The second-order valence-electron chi connectivity index (χ2n) is 10.3. The molecule has 5 atom stereocenters. The summed E-state index contributed by atoms with van der Waals surface area (Å²) >= 11 is 6.05. The largest absolute Gasteiger partial charge is 0.384 e. The summed E-state index contributed by atoms with van der Waals surface area (Å²) < 4.78 is 27.6. The lowest BCUT2D eigenvalue weighted by Gasteiger charge is -2.48. The van der Waals surface area contributed by atoms with E-state index in [0.717, 1.165) is 17.8 Å². The van der Waals surface area contributed by atoms with Gasteiger partial charge in [0.05, 0.1) is 16.5 Å². The Kier molecular flexibility index (Phi) is 6.96. The van der Waals surface area contributed by atoms with E-state index in [1.54, 1.807) is 43.1 Å². The van der Waals surface area contributed by atoms with Gasteiger partial charge in [0.2, 0.25) is 5.91 Å². The first-order valence-electron chi connectivity index (χ1n) is 12.5. The van der Waals surface area contributed by atoms with Crippen molar-refractivity contribution in [3.05, 3.63) is 86.9 Å². The van der Waals surface area contributed by atoms with Crippen molar-refractivity contribution >= 4 is 23.3 Å². The minimum atomic E-state index is -1.43. The predicted octanol–water partition coefficient (Wildman–Crippen LogP) is 3.32. The zero-order chi connectivity index (χ0) is 27.2. The van der Waals surface area contributed by atoms with E-state index in [1.165, 1.54) is 12.1 Å². The van der Waals surface area contributed by atoms with Gasteiger partial charge in [-0.15, -0.1) is 0 Å². The number of anilines is 1. The number of aliphatic hydroxyl groups is 1. The highest BCUT2D eigenvalue weighted by Crippen LogP contribution is 2.43. The second kappa shape index (κ2) is 10.1. The van der Waals surface area contributed by atoms with Crippen LogP contribution in [0.1, 0.15) is 31.0 Å². The maximum absolute atomic E-state index is 14.0. The van der Waals surface area contributed by atoms with Crippen LogP contribution in [-0.2, 0) is 10.4 Å². The summed E-state index contributed by atoms with van der Waals surface area (Å²) in [5.74, 6) is -3.14. The van der Waals surface area contributed by atoms with Gasteiger partial charge in [-0.3, -0.25) is 14.6 Å². The van der Waals surface area contributed by atoms with Crippen molar-refractivity contribution < 1.29 is 18.7 Å². The maximum atomic E-state index is 14.0. The number of hydrogen-bond acceptors (Lipinski definition) is 6. The predicted molar refractivity (Wildman–Crippen MR) is 138 cm³/mol. The number of pyridine rings is 1. The van der Waals surface area contributed by atoms with Crippen LogP contribution in [0.2, 0.25) is 5.02 Å². The molecule has 2 fully saturated rings. The number of nitrogens with zero attached hydrogens (tertiary/aromatic N) is 4. The average molecular weight is 544 g/mol. The van der Waals surface area contributed by atoms with Crippen LogP contribution in [0.3, 0.4) is 0 Å². The van der Waals surface area contributed by atoms with Gasteiger partial charge in [-0.05, 0) is 35.9 Å². The van der Waals surface area contributed by atoms with Crippen molar-refractivity contribution in [2.75, 3.05) is 31.1 Å². The number of amides is 1. The van der Waals surface area contributed by atoms with Crippen LogP contribution in [0, 0.1) is 29.4 Å². The summed E-state index contributed by atoms with van der Waals surface area (Å²) in [6, 6.07) is 10.00. The molecule has 2 aliphatic rings. The number of carbonyl (C=O) groups excluding carboxylic acids is 1. The lowest BCUT2D eigenvalue weighted by molar-refractivity contribution is -0.152. The Balaban J connectivity index is 1.41. The molecule has 2 aliphatic heterocycles. The third-order valence-electron chi connectivity index (χ3n) is 7.94. The molecule has 2 N–H and O–H groups in total. The summed E-state index contributed by atoms with van der Waals surface area (Å²) in [4.78, 5) is 33.7. The number of likely N-dealkylation sites (tertiary alicyclic amines) is 1. The first-order valence-corrected chi connectivity index (χ1v) is 12.8. The highest BCUT2D eigenvalue weighted by molar-refractivity contribution is 6.30. The summed E-state index contributed by atoms with van der Waals surface area (Å²) in [7, 11) is 0. The fourth-order valence-corrected chi connectivity index (χ4v) is 6.00. The molecular weight excluding hydrogens is 516 g/mol. The molecule has 3 aromatic rings. The normalized spacial score (nSPS) is 27.5. The van der Waals surface area contributed by atoms with E-state index in [4.69, 9.17) is 11.6 Å². The molecule has 2 saturated heterocycles. The van der Waals surface area contributed by atoms with E-state index in [0.29, 0.717) is 29.5 Å². The topological polar surface area (TPSA) is 102 Å². The Morgan fingerprint density at radius 3 is 2.39 bits per heavy atom. The molecule has 2 aromatic heterocycles. The number of piperidine rings is 1. The van der Waals surface area contributed by atoms with E-state index in [1.807, 2.05) is 4.90 Å². The highest BCUT2D eigenvalue weighted by Gasteiger charge is 2.49. The molecule has 1 unspecified atom stereocenters. The number of halogens is 3. The van der Waals surface area contributed by atoms with E-state index in [-0.39, 0.29) is 30.5 Å². The van der Waals surface area contributed by atoms with Crippen molar-refractivity contribution in [2.24, 2.45) is 17.8 Å². The van der Waals surface area contributed by atoms with E-state index in [9.17, 15) is 23.5 Å². The molecule has 5 rings (SSSR count). The van der Waals surface area contributed by atoms with Crippen LogP contribution in [0.4, 0.5) is 14.6 Å². The summed E-state index contributed by atoms with van der Waals surface area (Å²) in [6.07, 6.45) is 1.55. The molecule has 38 heavy (non-hydrogen) atoms. The maximum Gasteiger partial charge on any atom is 0.264 e. The number of nitrogens with one attached hydrogen (secondary N) is 1. The van der Waals surface area contributed by atoms with Crippen LogP contribution in [0.25, 0.3) is 0 Å². The van der Waals surface area contributed by atoms with E-state index in [2.05, 4.69) is 15.2 Å². The minimum Gasteiger partial charge on any atom is -0.384 e. The molecule has 0 aliphatic carbocycles. The fourth-order valence-electron chi connectivity index (χ4n) is 5.89. The summed E-state index contributed by atoms with van der Waals surface area (Å²) in [5, 5.41) is 18.7. The standard InChI is InChI=1S/C27H28ClF2N5O3/c1-15-11-35(12-16(2)27(15,38)17-3-5-21(29)22(30)9-17)26(37)20-14-34(24-7-8-25(36)33-32-24)13-19(20)23-6-4-18(28)10-31-23/h3-10,15-16,19-20,38H,11-14H2,1-2H3,(H,33,36)/t15-,16+,19-,20+,27?/m1/s1. The Morgan fingerprint density at radius 2 is 1.79 bits per heavy atom. The minimum absolute atomic E-state index is 0.0929. The van der Waals surface area contributed by atoms with Crippen LogP contribution in [0.15, 0.2) is 53.5 Å². The quantitative estimate of drug-likeness (QED) is 0.523. The lowest BCUT2D eigenvalue weighted by atomic mass is 9.70. The molecule has 0 radical (unpaired) electrons. The number of rotatable bonds is 4. The third kappa shape index (κ3) is 4.67. The SMILES string of the molecule is C[C@@H]1CN(C(=O)[C@H]2CN(c3ccc(=O)[nH]n3)C[C@H]2c2ccc(Cl)cn2)C[C@H](C)C1(O)c1ccc(F)c(F)c1. The van der Waals surface area contributed by atoms with Gasteiger partial charge in [0.1, 0.15) is 5.82 Å². The monoisotopic (exact) mass is 543 g/mol. The fraction of sp³-hybridized carbons (Fsp3) is 0.407. The second-order valence-corrected chi connectivity index (χ2v) is 10.7. The number of aromatic amines is 1. The molecule has 0 bridgehead atoms.